The normalized spacial score (nSPS) is 12.3. The number of benzene rings is 2. The van der Waals surface area contributed by atoms with Crippen molar-refractivity contribution >= 4 is 34.2 Å². The van der Waals surface area contributed by atoms with Gasteiger partial charge in [-0.2, -0.15) is 5.10 Å². The second-order valence-electron chi connectivity index (χ2n) is 6.85. The number of hydrogen-bond acceptors (Lipinski definition) is 5. The van der Waals surface area contributed by atoms with Gasteiger partial charge in [-0.25, -0.2) is 4.68 Å². The highest BCUT2D eigenvalue weighted by atomic mass is 32.1. The Hall–Kier alpha value is -3.12. The zero-order valence-corrected chi connectivity index (χ0v) is 18.4. The summed E-state index contributed by atoms with van der Waals surface area (Å²) in [4.78, 5) is 7.77. The lowest BCUT2D eigenvalue weighted by atomic mass is 10.2. The van der Waals surface area contributed by atoms with Crippen LogP contribution in [0.15, 0.2) is 74.5 Å². The van der Waals surface area contributed by atoms with E-state index in [9.17, 15) is 0 Å². The molecule has 2 aromatic heterocycles. The molecule has 154 valence electrons. The molecule has 0 bridgehead atoms. The van der Waals surface area contributed by atoms with E-state index in [4.69, 9.17) is 9.52 Å². The zero-order valence-electron chi connectivity index (χ0n) is 17.6. The summed E-state index contributed by atoms with van der Waals surface area (Å²) in [5.74, 6) is 0.791. The second-order valence-corrected chi connectivity index (χ2v) is 7.68. The topological polar surface area (TPSA) is 46.0 Å². The summed E-state index contributed by atoms with van der Waals surface area (Å²) in [6.45, 7) is 9.07. The van der Waals surface area contributed by atoms with Crippen molar-refractivity contribution < 1.29 is 4.42 Å². The first-order chi connectivity index (χ1) is 14.7. The highest BCUT2D eigenvalue weighted by molar-refractivity contribution is 7.07. The van der Waals surface area contributed by atoms with E-state index >= 15 is 0 Å². The molecule has 0 fully saturated rings. The van der Waals surface area contributed by atoms with Crippen LogP contribution in [0.5, 0.6) is 0 Å². The monoisotopic (exact) mass is 418 g/mol. The van der Waals surface area contributed by atoms with E-state index in [-0.39, 0.29) is 0 Å². The summed E-state index contributed by atoms with van der Waals surface area (Å²) in [6.07, 6.45) is 1.87. The molecule has 0 N–H and O–H groups in total. The zero-order chi connectivity index (χ0) is 20.9. The quantitative estimate of drug-likeness (QED) is 0.366. The Morgan fingerprint density at radius 3 is 2.50 bits per heavy atom. The molecule has 0 atom stereocenters. The third-order valence-corrected chi connectivity index (χ3v) is 5.85. The predicted molar refractivity (Wildman–Crippen MR) is 127 cm³/mol. The maximum atomic E-state index is 6.07. The van der Waals surface area contributed by atoms with Crippen LogP contribution in [-0.4, -0.2) is 30.5 Å². The Kier molecular flexibility index (Phi) is 6.14. The molecular formula is C24H26N4OS. The van der Waals surface area contributed by atoms with E-state index in [1.807, 2.05) is 41.4 Å². The molecule has 4 rings (SSSR count). The van der Waals surface area contributed by atoms with Gasteiger partial charge < -0.3 is 9.32 Å². The minimum absolute atomic E-state index is 0.703. The third kappa shape index (κ3) is 4.09. The summed E-state index contributed by atoms with van der Waals surface area (Å²) in [5.41, 5.74) is 4.04. The first-order valence-corrected chi connectivity index (χ1v) is 11.2. The third-order valence-electron chi connectivity index (χ3n) is 5.00. The van der Waals surface area contributed by atoms with Gasteiger partial charge in [0.1, 0.15) is 11.3 Å². The minimum atomic E-state index is 0.703. The summed E-state index contributed by atoms with van der Waals surface area (Å²) in [7, 11) is 0. The molecule has 0 saturated heterocycles. The second kappa shape index (κ2) is 9.13. The average Bonchev–Trinajstić information content (AvgIpc) is 3.38. The van der Waals surface area contributed by atoms with Gasteiger partial charge in [0.05, 0.1) is 6.21 Å². The van der Waals surface area contributed by atoms with E-state index in [0.717, 1.165) is 45.9 Å². The molecule has 0 radical (unpaired) electrons. The van der Waals surface area contributed by atoms with Crippen molar-refractivity contribution in [1.82, 2.24) is 4.68 Å². The van der Waals surface area contributed by atoms with E-state index in [1.165, 1.54) is 5.69 Å². The number of rotatable bonds is 7. The summed E-state index contributed by atoms with van der Waals surface area (Å²) >= 11 is 1.57. The van der Waals surface area contributed by atoms with Gasteiger partial charge in [-0.15, -0.1) is 11.3 Å². The number of hydrogen-bond donors (Lipinski definition) is 0. The molecule has 4 aromatic rings. The molecule has 0 aliphatic carbocycles. The van der Waals surface area contributed by atoms with E-state index in [2.05, 4.69) is 60.1 Å². The number of nitrogens with zero attached hydrogens (tertiary/aromatic N) is 4. The predicted octanol–water partition coefficient (Wildman–Crippen LogP) is 5.61. The first kappa shape index (κ1) is 20.2. The van der Waals surface area contributed by atoms with Gasteiger partial charge in [0.25, 0.3) is 0 Å². The highest BCUT2D eigenvalue weighted by Crippen LogP contribution is 2.28. The fourth-order valence-electron chi connectivity index (χ4n) is 3.42. The van der Waals surface area contributed by atoms with Crippen molar-refractivity contribution in [2.75, 3.05) is 24.5 Å². The Morgan fingerprint density at radius 2 is 1.80 bits per heavy atom. The number of furan rings is 1. The molecule has 5 nitrogen and oxygen atoms in total. The largest absolute Gasteiger partial charge is 0.454 e. The molecule has 2 aromatic carbocycles. The van der Waals surface area contributed by atoms with Crippen LogP contribution in [0, 0.1) is 0 Å². The molecule has 0 aliphatic heterocycles. The molecule has 0 spiro atoms. The molecule has 0 aliphatic rings. The lowest BCUT2D eigenvalue weighted by Crippen LogP contribution is -2.21. The van der Waals surface area contributed by atoms with Crippen molar-refractivity contribution in [3.05, 3.63) is 70.3 Å². The number of fused-ring (bicyclic) bond motifs is 1. The molecule has 0 saturated carbocycles. The van der Waals surface area contributed by atoms with Gasteiger partial charge in [0.2, 0.25) is 4.80 Å². The van der Waals surface area contributed by atoms with Crippen LogP contribution in [0.25, 0.3) is 22.4 Å². The van der Waals surface area contributed by atoms with Crippen LogP contribution in [0.1, 0.15) is 26.3 Å². The van der Waals surface area contributed by atoms with E-state index in [1.54, 1.807) is 11.3 Å². The summed E-state index contributed by atoms with van der Waals surface area (Å²) in [6, 6.07) is 18.6. The maximum absolute atomic E-state index is 6.07. The van der Waals surface area contributed by atoms with Crippen LogP contribution in [-0.2, 0) is 0 Å². The summed E-state index contributed by atoms with van der Waals surface area (Å²) < 4.78 is 7.94. The van der Waals surface area contributed by atoms with Gasteiger partial charge in [0.15, 0.2) is 5.76 Å². The molecule has 0 unspecified atom stereocenters. The lowest BCUT2D eigenvalue weighted by molar-refractivity contribution is 0.621. The Morgan fingerprint density at radius 1 is 1.03 bits per heavy atom. The first-order valence-electron chi connectivity index (χ1n) is 10.3. The van der Waals surface area contributed by atoms with Crippen molar-refractivity contribution in [1.29, 1.82) is 0 Å². The number of anilines is 1. The molecule has 0 amide bonds. The van der Waals surface area contributed by atoms with Gasteiger partial charge in [-0.3, -0.25) is 4.99 Å². The fourth-order valence-corrected chi connectivity index (χ4v) is 4.30. The van der Waals surface area contributed by atoms with Crippen LogP contribution in [0.4, 0.5) is 5.69 Å². The van der Waals surface area contributed by atoms with Gasteiger partial charge in [0, 0.05) is 36.1 Å². The lowest BCUT2D eigenvalue weighted by Gasteiger charge is -2.20. The highest BCUT2D eigenvalue weighted by Gasteiger charge is 2.12. The Labute approximate surface area is 180 Å². The van der Waals surface area contributed by atoms with Gasteiger partial charge in [-0.05, 0) is 50.6 Å². The minimum Gasteiger partial charge on any atom is -0.454 e. The molecular weight excluding hydrogens is 392 g/mol. The fraction of sp³-hybridized carbons (Fsp3) is 0.250. The standard InChI is InChI=1S/C24H26N4OS/c1-4-25-24-28(26-16-18-11-13-20(14-12-18)27(5-2)6-3)21(17-30-24)23-15-19-9-7-8-10-22(19)29-23/h7-17H,4-6H2,1-3H3. The van der Waals surface area contributed by atoms with E-state index in [0.29, 0.717) is 6.54 Å². The van der Waals surface area contributed by atoms with Gasteiger partial charge in [-0.1, -0.05) is 30.3 Å². The maximum Gasteiger partial charge on any atom is 0.206 e. The smallest absolute Gasteiger partial charge is 0.206 e. The van der Waals surface area contributed by atoms with Crippen LogP contribution in [0.2, 0.25) is 0 Å². The van der Waals surface area contributed by atoms with Crippen LogP contribution >= 0.6 is 11.3 Å². The Balaban J connectivity index is 1.69. The molecule has 6 heteroatoms. The number of aromatic nitrogens is 1. The number of thiazole rings is 1. The number of para-hydroxylation sites is 1. The van der Waals surface area contributed by atoms with E-state index < -0.39 is 0 Å². The van der Waals surface area contributed by atoms with Crippen LogP contribution < -0.4 is 9.70 Å². The van der Waals surface area contributed by atoms with Gasteiger partial charge >= 0.3 is 0 Å². The summed E-state index contributed by atoms with van der Waals surface area (Å²) in [5, 5.41) is 7.88. The average molecular weight is 419 g/mol. The van der Waals surface area contributed by atoms with Crippen molar-refractivity contribution in [2.45, 2.75) is 20.8 Å². The van der Waals surface area contributed by atoms with Crippen LogP contribution in [0.3, 0.4) is 0 Å². The van der Waals surface area contributed by atoms with Crippen molar-refractivity contribution in [3.8, 4) is 11.5 Å². The SMILES string of the molecule is CCN=c1scc(-c2cc3ccccc3o2)n1N=Cc1ccc(N(CC)CC)cc1. The van der Waals surface area contributed by atoms with Crippen molar-refractivity contribution in [2.24, 2.45) is 10.1 Å². The Bertz CT molecular complexity index is 1180. The molecule has 2 heterocycles. The van der Waals surface area contributed by atoms with Crippen molar-refractivity contribution in [3.63, 3.8) is 0 Å². The molecule has 30 heavy (non-hydrogen) atoms.